The summed E-state index contributed by atoms with van der Waals surface area (Å²) in [5.41, 5.74) is 2.16. The standard InChI is InChI=1S/C13H12N2O/c1-10-15(11-6-3-2-4-7-11)12-8-5-9-14-13(12)16-10/h2-10H,1H3. The lowest BCUT2D eigenvalue weighted by molar-refractivity contribution is 0.248. The average Bonchev–Trinajstić information content (AvgIpc) is 2.66. The molecule has 1 aromatic carbocycles. The Balaban J connectivity index is 2.09. The summed E-state index contributed by atoms with van der Waals surface area (Å²) in [4.78, 5) is 6.36. The first-order valence-corrected chi connectivity index (χ1v) is 5.32. The van der Waals surface area contributed by atoms with E-state index in [1.807, 2.05) is 37.3 Å². The molecule has 0 fully saturated rings. The van der Waals surface area contributed by atoms with Crippen LogP contribution in [0.1, 0.15) is 6.92 Å². The second-order valence-corrected chi connectivity index (χ2v) is 3.75. The summed E-state index contributed by atoms with van der Waals surface area (Å²) >= 11 is 0. The van der Waals surface area contributed by atoms with Gasteiger partial charge in [0.15, 0.2) is 6.23 Å². The van der Waals surface area contributed by atoms with Crippen LogP contribution in [-0.2, 0) is 0 Å². The van der Waals surface area contributed by atoms with Crippen molar-refractivity contribution in [3.05, 3.63) is 48.7 Å². The van der Waals surface area contributed by atoms with Gasteiger partial charge >= 0.3 is 0 Å². The predicted molar refractivity (Wildman–Crippen MR) is 62.9 cm³/mol. The van der Waals surface area contributed by atoms with E-state index in [9.17, 15) is 0 Å². The van der Waals surface area contributed by atoms with Crippen LogP contribution in [0.4, 0.5) is 11.4 Å². The molecule has 0 saturated heterocycles. The van der Waals surface area contributed by atoms with Gasteiger partial charge in [-0.2, -0.15) is 0 Å². The normalized spacial score (nSPS) is 18.1. The molecule has 0 N–H and O–H groups in total. The number of para-hydroxylation sites is 1. The lowest BCUT2D eigenvalue weighted by Gasteiger charge is -2.21. The number of ether oxygens (including phenoxy) is 1. The Morgan fingerprint density at radius 1 is 1.12 bits per heavy atom. The lowest BCUT2D eigenvalue weighted by Crippen LogP contribution is -2.26. The highest BCUT2D eigenvalue weighted by molar-refractivity contribution is 5.70. The first-order valence-electron chi connectivity index (χ1n) is 5.32. The van der Waals surface area contributed by atoms with E-state index in [-0.39, 0.29) is 6.23 Å². The fourth-order valence-electron chi connectivity index (χ4n) is 2.00. The minimum absolute atomic E-state index is 0.00713. The van der Waals surface area contributed by atoms with Gasteiger partial charge in [0, 0.05) is 11.9 Å². The molecule has 1 atom stereocenters. The smallest absolute Gasteiger partial charge is 0.239 e. The molecule has 0 bridgehead atoms. The molecule has 16 heavy (non-hydrogen) atoms. The maximum absolute atomic E-state index is 5.69. The van der Waals surface area contributed by atoms with Gasteiger partial charge in [-0.05, 0) is 31.2 Å². The van der Waals surface area contributed by atoms with Crippen LogP contribution in [0.15, 0.2) is 48.7 Å². The zero-order chi connectivity index (χ0) is 11.0. The number of aromatic nitrogens is 1. The minimum Gasteiger partial charge on any atom is -0.452 e. The molecule has 1 aliphatic heterocycles. The molecule has 1 unspecified atom stereocenters. The van der Waals surface area contributed by atoms with Gasteiger partial charge in [0.2, 0.25) is 5.88 Å². The van der Waals surface area contributed by atoms with E-state index in [0.717, 1.165) is 11.4 Å². The van der Waals surface area contributed by atoms with Crippen molar-refractivity contribution in [3.8, 4) is 5.88 Å². The van der Waals surface area contributed by atoms with Crippen LogP contribution in [0.2, 0.25) is 0 Å². The van der Waals surface area contributed by atoms with Crippen LogP contribution in [0.25, 0.3) is 0 Å². The Morgan fingerprint density at radius 2 is 1.94 bits per heavy atom. The van der Waals surface area contributed by atoms with Gasteiger partial charge in [-0.1, -0.05) is 18.2 Å². The van der Waals surface area contributed by atoms with Gasteiger partial charge in [0.1, 0.15) is 5.69 Å². The largest absolute Gasteiger partial charge is 0.452 e. The highest BCUT2D eigenvalue weighted by Gasteiger charge is 2.29. The molecule has 1 aromatic heterocycles. The second-order valence-electron chi connectivity index (χ2n) is 3.75. The van der Waals surface area contributed by atoms with E-state index < -0.39 is 0 Å². The summed E-state index contributed by atoms with van der Waals surface area (Å²) in [6.45, 7) is 2.02. The topological polar surface area (TPSA) is 25.4 Å². The molecule has 0 amide bonds. The number of fused-ring (bicyclic) bond motifs is 1. The van der Waals surface area contributed by atoms with E-state index in [1.54, 1.807) is 6.20 Å². The Bertz CT molecular complexity index is 498. The van der Waals surface area contributed by atoms with Crippen molar-refractivity contribution in [2.45, 2.75) is 13.2 Å². The molecule has 0 spiro atoms. The summed E-state index contributed by atoms with van der Waals surface area (Å²) in [5.74, 6) is 0.707. The van der Waals surface area contributed by atoms with Crippen LogP contribution in [0, 0.1) is 0 Å². The third-order valence-electron chi connectivity index (χ3n) is 2.69. The number of hydrogen-bond acceptors (Lipinski definition) is 3. The van der Waals surface area contributed by atoms with Crippen LogP contribution in [0.5, 0.6) is 5.88 Å². The van der Waals surface area contributed by atoms with E-state index in [1.165, 1.54) is 0 Å². The molecule has 0 saturated carbocycles. The van der Waals surface area contributed by atoms with Crippen molar-refractivity contribution in [3.63, 3.8) is 0 Å². The number of nitrogens with zero attached hydrogens (tertiary/aromatic N) is 2. The van der Waals surface area contributed by atoms with Crippen molar-refractivity contribution in [1.82, 2.24) is 4.98 Å². The maximum atomic E-state index is 5.69. The van der Waals surface area contributed by atoms with Crippen molar-refractivity contribution < 1.29 is 4.74 Å². The van der Waals surface area contributed by atoms with E-state index >= 15 is 0 Å². The first kappa shape index (κ1) is 9.21. The zero-order valence-electron chi connectivity index (χ0n) is 9.00. The molecule has 0 aliphatic carbocycles. The highest BCUT2D eigenvalue weighted by Crippen LogP contribution is 2.39. The number of hydrogen-bond donors (Lipinski definition) is 0. The van der Waals surface area contributed by atoms with E-state index in [2.05, 4.69) is 22.0 Å². The van der Waals surface area contributed by atoms with Gasteiger partial charge in [0.05, 0.1) is 0 Å². The second kappa shape index (κ2) is 3.52. The van der Waals surface area contributed by atoms with Crippen LogP contribution < -0.4 is 9.64 Å². The monoisotopic (exact) mass is 212 g/mol. The Kier molecular flexibility index (Phi) is 2.03. The number of rotatable bonds is 1. The molecule has 2 aromatic rings. The van der Waals surface area contributed by atoms with Gasteiger partial charge in [-0.25, -0.2) is 4.98 Å². The van der Waals surface area contributed by atoms with Crippen molar-refractivity contribution in [2.24, 2.45) is 0 Å². The number of benzene rings is 1. The first-order chi connectivity index (χ1) is 7.86. The fourth-order valence-corrected chi connectivity index (χ4v) is 2.00. The van der Waals surface area contributed by atoms with E-state index in [4.69, 9.17) is 4.74 Å². The van der Waals surface area contributed by atoms with Crippen LogP contribution in [-0.4, -0.2) is 11.2 Å². The SMILES string of the molecule is CC1Oc2ncccc2N1c1ccccc1. The van der Waals surface area contributed by atoms with Gasteiger partial charge in [0.25, 0.3) is 0 Å². The van der Waals surface area contributed by atoms with Crippen molar-refractivity contribution in [1.29, 1.82) is 0 Å². The minimum atomic E-state index is -0.00713. The molecule has 1 aliphatic rings. The van der Waals surface area contributed by atoms with Gasteiger partial charge in [-0.3, -0.25) is 0 Å². The maximum Gasteiger partial charge on any atom is 0.239 e. The molecule has 2 heterocycles. The highest BCUT2D eigenvalue weighted by atomic mass is 16.5. The van der Waals surface area contributed by atoms with E-state index in [0.29, 0.717) is 5.88 Å². The number of anilines is 2. The molecule has 3 heteroatoms. The molecular weight excluding hydrogens is 200 g/mol. The third kappa shape index (κ3) is 1.33. The molecule has 3 rings (SSSR count). The van der Waals surface area contributed by atoms with Crippen molar-refractivity contribution in [2.75, 3.05) is 4.90 Å². The molecular formula is C13H12N2O. The summed E-state index contributed by atoms with van der Waals surface area (Å²) < 4.78 is 5.69. The Hall–Kier alpha value is -2.03. The average molecular weight is 212 g/mol. The summed E-state index contributed by atoms with van der Waals surface area (Å²) in [6.07, 6.45) is 1.74. The Labute approximate surface area is 94.3 Å². The lowest BCUT2D eigenvalue weighted by atomic mass is 10.2. The van der Waals surface area contributed by atoms with Gasteiger partial charge in [-0.15, -0.1) is 0 Å². The third-order valence-corrected chi connectivity index (χ3v) is 2.69. The van der Waals surface area contributed by atoms with Gasteiger partial charge < -0.3 is 9.64 Å². The quantitative estimate of drug-likeness (QED) is 0.726. The Morgan fingerprint density at radius 3 is 2.75 bits per heavy atom. The van der Waals surface area contributed by atoms with Crippen LogP contribution in [0.3, 0.4) is 0 Å². The fraction of sp³-hybridized carbons (Fsp3) is 0.154. The number of pyridine rings is 1. The molecule has 3 nitrogen and oxygen atoms in total. The predicted octanol–water partition coefficient (Wildman–Crippen LogP) is 2.96. The summed E-state index contributed by atoms with van der Waals surface area (Å²) in [5, 5.41) is 0. The molecule has 0 radical (unpaired) electrons. The zero-order valence-corrected chi connectivity index (χ0v) is 9.00. The van der Waals surface area contributed by atoms with Crippen LogP contribution >= 0.6 is 0 Å². The van der Waals surface area contributed by atoms with Crippen molar-refractivity contribution >= 4 is 11.4 Å². The summed E-state index contributed by atoms with van der Waals surface area (Å²) in [6, 6.07) is 14.2. The summed E-state index contributed by atoms with van der Waals surface area (Å²) in [7, 11) is 0. The molecule has 80 valence electrons.